The van der Waals surface area contributed by atoms with Crippen LogP contribution in [0.1, 0.15) is 54.1 Å². The first-order valence-electron chi connectivity index (χ1n) is 10.5. The van der Waals surface area contributed by atoms with Gasteiger partial charge in [-0.2, -0.15) is 0 Å². The smallest absolute Gasteiger partial charge is 0.339 e. The van der Waals surface area contributed by atoms with Crippen molar-refractivity contribution in [2.45, 2.75) is 38.2 Å². The average molecular weight is 420 g/mol. The van der Waals surface area contributed by atoms with Crippen molar-refractivity contribution in [3.63, 3.8) is 0 Å². The summed E-state index contributed by atoms with van der Waals surface area (Å²) in [5.41, 5.74) is 1.29. The molecule has 7 nitrogen and oxygen atoms in total. The Hall–Kier alpha value is -3.48. The van der Waals surface area contributed by atoms with Crippen molar-refractivity contribution < 1.29 is 23.9 Å². The second kappa shape index (κ2) is 9.12. The second-order valence-corrected chi connectivity index (χ2v) is 7.75. The minimum absolute atomic E-state index is 0.194. The molecule has 0 radical (unpaired) electrons. The van der Waals surface area contributed by atoms with Crippen LogP contribution in [0.15, 0.2) is 54.6 Å². The number of carbonyl (C=O) groups is 4. The molecular formula is C24H24N2O5. The Bertz CT molecular complexity index is 965. The highest BCUT2D eigenvalue weighted by Crippen LogP contribution is 2.26. The summed E-state index contributed by atoms with van der Waals surface area (Å²) in [5, 5.41) is 0. The third-order valence-electron chi connectivity index (χ3n) is 5.63. The summed E-state index contributed by atoms with van der Waals surface area (Å²) in [7, 11) is 0. The van der Waals surface area contributed by atoms with Crippen LogP contribution in [0.25, 0.3) is 0 Å². The van der Waals surface area contributed by atoms with Crippen LogP contribution >= 0.6 is 0 Å². The molecule has 0 saturated carbocycles. The lowest BCUT2D eigenvalue weighted by Crippen LogP contribution is -2.40. The van der Waals surface area contributed by atoms with Gasteiger partial charge in [-0.3, -0.25) is 19.3 Å². The maximum Gasteiger partial charge on any atom is 0.339 e. The van der Waals surface area contributed by atoms with E-state index in [0.29, 0.717) is 24.3 Å². The number of piperidine rings is 1. The lowest BCUT2D eigenvalue weighted by molar-refractivity contribution is -0.142. The molecule has 3 amide bonds. The van der Waals surface area contributed by atoms with Crippen LogP contribution in [0.5, 0.6) is 0 Å². The highest BCUT2D eigenvalue weighted by molar-refractivity contribution is 6.19. The summed E-state index contributed by atoms with van der Waals surface area (Å²) in [6.07, 6.45) is 2.34. The zero-order chi connectivity index (χ0) is 21.8. The Morgan fingerprint density at radius 3 is 2.03 bits per heavy atom. The molecule has 160 valence electrons. The summed E-state index contributed by atoms with van der Waals surface area (Å²) >= 11 is 0. The summed E-state index contributed by atoms with van der Waals surface area (Å²) in [6.45, 7) is 1.32. The molecule has 1 atom stereocenters. The van der Waals surface area contributed by atoms with Crippen LogP contribution in [-0.4, -0.2) is 41.7 Å². The third-order valence-corrected chi connectivity index (χ3v) is 5.63. The number of nitrogens with zero attached hydrogens (tertiary/aromatic N) is 2. The predicted molar refractivity (Wildman–Crippen MR) is 113 cm³/mol. The Labute approximate surface area is 180 Å². The molecule has 2 heterocycles. The number of benzene rings is 2. The highest BCUT2D eigenvalue weighted by Gasteiger charge is 2.32. The molecule has 0 N–H and O–H groups in total. The number of ether oxygens (including phenoxy) is 1. The Balaban J connectivity index is 1.52. The molecule has 2 fully saturated rings. The van der Waals surface area contributed by atoms with Gasteiger partial charge in [-0.25, -0.2) is 4.79 Å². The van der Waals surface area contributed by atoms with Crippen molar-refractivity contribution in [1.82, 2.24) is 4.90 Å². The average Bonchev–Trinajstić information content (AvgIpc) is 3.16. The molecule has 0 aromatic heterocycles. The van der Waals surface area contributed by atoms with Gasteiger partial charge in [0, 0.05) is 31.5 Å². The normalized spacial score (nSPS) is 17.5. The molecule has 0 bridgehead atoms. The van der Waals surface area contributed by atoms with Gasteiger partial charge in [0.15, 0.2) is 0 Å². The molecule has 4 rings (SSSR count). The number of amides is 3. The van der Waals surface area contributed by atoms with Gasteiger partial charge in [0.2, 0.25) is 17.9 Å². The van der Waals surface area contributed by atoms with E-state index >= 15 is 0 Å². The van der Waals surface area contributed by atoms with Crippen LogP contribution in [0.4, 0.5) is 5.69 Å². The van der Waals surface area contributed by atoms with Crippen molar-refractivity contribution in [1.29, 1.82) is 0 Å². The fourth-order valence-corrected chi connectivity index (χ4v) is 3.96. The van der Waals surface area contributed by atoms with Gasteiger partial charge in [0.25, 0.3) is 5.91 Å². The van der Waals surface area contributed by atoms with Gasteiger partial charge >= 0.3 is 5.97 Å². The maximum atomic E-state index is 13.1. The van der Waals surface area contributed by atoms with Crippen LogP contribution in [0, 0.1) is 0 Å². The number of hydrogen-bond donors (Lipinski definition) is 0. The Kier molecular flexibility index (Phi) is 6.11. The van der Waals surface area contributed by atoms with Gasteiger partial charge in [-0.15, -0.1) is 0 Å². The Morgan fingerprint density at radius 2 is 1.42 bits per heavy atom. The molecule has 0 unspecified atom stereocenters. The van der Waals surface area contributed by atoms with E-state index in [1.807, 2.05) is 6.07 Å². The summed E-state index contributed by atoms with van der Waals surface area (Å²) in [5.74, 6) is -1.36. The van der Waals surface area contributed by atoms with Crippen molar-refractivity contribution in [2.24, 2.45) is 0 Å². The monoisotopic (exact) mass is 420 g/mol. The van der Waals surface area contributed by atoms with E-state index in [-0.39, 0.29) is 36.1 Å². The molecular weight excluding hydrogens is 396 g/mol. The number of anilines is 1. The third kappa shape index (κ3) is 4.50. The van der Waals surface area contributed by atoms with Crippen molar-refractivity contribution in [3.8, 4) is 0 Å². The number of imide groups is 1. The van der Waals surface area contributed by atoms with Gasteiger partial charge in [0.05, 0.1) is 11.3 Å². The summed E-state index contributed by atoms with van der Waals surface area (Å²) < 4.78 is 5.67. The van der Waals surface area contributed by atoms with E-state index in [1.54, 1.807) is 41.3 Å². The number of carbonyl (C=O) groups excluding carboxylic acids is 4. The van der Waals surface area contributed by atoms with Crippen molar-refractivity contribution in [3.05, 3.63) is 65.7 Å². The topological polar surface area (TPSA) is 84.0 Å². The molecule has 0 spiro atoms. The molecule has 2 saturated heterocycles. The van der Waals surface area contributed by atoms with E-state index in [9.17, 15) is 19.2 Å². The molecule has 2 aromatic carbocycles. The number of esters is 1. The SMILES string of the molecule is O=C(O[C@H](C(=O)N1CCCCC1)c1ccccc1)c1ccc(N2C(=O)CCC2=O)cc1. The lowest BCUT2D eigenvalue weighted by atomic mass is 10.1. The van der Waals surface area contributed by atoms with Gasteiger partial charge < -0.3 is 9.64 Å². The number of hydrogen-bond acceptors (Lipinski definition) is 5. The Morgan fingerprint density at radius 1 is 0.806 bits per heavy atom. The maximum absolute atomic E-state index is 13.1. The van der Waals surface area contributed by atoms with E-state index in [1.165, 1.54) is 12.1 Å². The standard InChI is InChI=1S/C24H24N2O5/c27-20-13-14-21(28)26(20)19-11-9-18(10-12-19)24(30)31-22(17-7-3-1-4-8-17)23(29)25-15-5-2-6-16-25/h1,3-4,7-12,22H,2,5-6,13-16H2/t22-/m0/s1. The van der Waals surface area contributed by atoms with Crippen molar-refractivity contribution in [2.75, 3.05) is 18.0 Å². The van der Waals surface area contributed by atoms with E-state index in [2.05, 4.69) is 0 Å². The van der Waals surface area contributed by atoms with Crippen LogP contribution in [0.2, 0.25) is 0 Å². The van der Waals surface area contributed by atoms with E-state index in [0.717, 1.165) is 24.2 Å². The summed E-state index contributed by atoms with van der Waals surface area (Å²) in [4.78, 5) is 52.7. The fourth-order valence-electron chi connectivity index (χ4n) is 3.96. The van der Waals surface area contributed by atoms with Gasteiger partial charge in [-0.1, -0.05) is 30.3 Å². The minimum atomic E-state index is -1.02. The molecule has 7 heteroatoms. The van der Waals surface area contributed by atoms with Gasteiger partial charge in [-0.05, 0) is 43.5 Å². The zero-order valence-corrected chi connectivity index (χ0v) is 17.2. The number of rotatable bonds is 5. The first kappa shape index (κ1) is 20.8. The van der Waals surface area contributed by atoms with Gasteiger partial charge in [0.1, 0.15) is 0 Å². The van der Waals surface area contributed by atoms with E-state index in [4.69, 9.17) is 4.74 Å². The van der Waals surface area contributed by atoms with Crippen molar-refractivity contribution >= 4 is 29.4 Å². The highest BCUT2D eigenvalue weighted by atomic mass is 16.5. The van der Waals surface area contributed by atoms with E-state index < -0.39 is 12.1 Å². The summed E-state index contributed by atoms with van der Waals surface area (Å²) in [6, 6.07) is 15.1. The van der Waals surface area contributed by atoms with Crippen LogP contribution in [-0.2, 0) is 19.1 Å². The molecule has 2 aromatic rings. The first-order valence-corrected chi connectivity index (χ1v) is 10.5. The fraction of sp³-hybridized carbons (Fsp3) is 0.333. The number of likely N-dealkylation sites (tertiary alicyclic amines) is 1. The quantitative estimate of drug-likeness (QED) is 0.548. The molecule has 0 aliphatic carbocycles. The first-order chi connectivity index (χ1) is 15.0. The molecule has 2 aliphatic heterocycles. The second-order valence-electron chi connectivity index (χ2n) is 7.75. The largest absolute Gasteiger partial charge is 0.444 e. The molecule has 2 aliphatic rings. The molecule has 31 heavy (non-hydrogen) atoms. The zero-order valence-electron chi connectivity index (χ0n) is 17.2. The van der Waals surface area contributed by atoms with Crippen LogP contribution < -0.4 is 4.90 Å². The van der Waals surface area contributed by atoms with Crippen LogP contribution in [0.3, 0.4) is 0 Å². The minimum Gasteiger partial charge on any atom is -0.444 e. The predicted octanol–water partition coefficient (Wildman–Crippen LogP) is 3.25. The lowest BCUT2D eigenvalue weighted by Gasteiger charge is -2.30.